The second-order valence-corrected chi connectivity index (χ2v) is 8.30. The van der Waals surface area contributed by atoms with Gasteiger partial charge in [0.25, 0.3) is 0 Å². The van der Waals surface area contributed by atoms with Crippen molar-refractivity contribution >= 4 is 8.24 Å². The van der Waals surface area contributed by atoms with Gasteiger partial charge in [-0.15, -0.1) is 0 Å². The largest absolute Gasteiger partial charge is 0.329 e. The molecule has 3 heteroatoms. The van der Waals surface area contributed by atoms with Crippen molar-refractivity contribution in [2.45, 2.75) is 19.6 Å². The van der Waals surface area contributed by atoms with Crippen LogP contribution in [-0.2, 0) is 0 Å². The Morgan fingerprint density at radius 1 is 1.00 bits per heavy atom. The third-order valence-electron chi connectivity index (χ3n) is 1.34. The molecule has 0 saturated carbocycles. The van der Waals surface area contributed by atoms with Crippen LogP contribution >= 0.6 is 0 Å². The molecule has 52 valence electrons. The third-order valence-corrected chi connectivity index (χ3v) is 4.02. The molecule has 0 fully saturated rings. The summed E-state index contributed by atoms with van der Waals surface area (Å²) in [7, 11) is 3.39. The van der Waals surface area contributed by atoms with E-state index in [-0.39, 0.29) is 4.70 Å². The summed E-state index contributed by atoms with van der Waals surface area (Å²) < 4.78 is 2.33. The zero-order valence-corrected chi connectivity index (χ0v) is 7.36. The Morgan fingerprint density at radius 3 is 1.12 bits per heavy atom. The fourth-order valence-electron chi connectivity index (χ4n) is 0. The van der Waals surface area contributed by atoms with Crippen molar-refractivity contribution in [2.75, 3.05) is 14.1 Å². The van der Waals surface area contributed by atoms with Gasteiger partial charge in [0, 0.05) is 0 Å². The predicted octanol–water partition coefficient (Wildman–Crippen LogP) is 1.54. The average Bonchev–Trinajstić information content (AvgIpc) is 1.31. The van der Waals surface area contributed by atoms with Crippen molar-refractivity contribution in [2.24, 2.45) is 0 Å². The molecule has 0 N–H and O–H groups in total. The number of rotatable bonds is 1. The molecular formula is C5H16FNSi. The van der Waals surface area contributed by atoms with Gasteiger partial charge < -0.3 is 4.57 Å². The van der Waals surface area contributed by atoms with Gasteiger partial charge in [0.1, 0.15) is 8.24 Å². The summed E-state index contributed by atoms with van der Waals surface area (Å²) >= 11 is 0. The van der Waals surface area contributed by atoms with Crippen LogP contribution in [0.4, 0.5) is 4.70 Å². The van der Waals surface area contributed by atoms with Crippen molar-refractivity contribution in [1.82, 2.24) is 4.57 Å². The Morgan fingerprint density at radius 2 is 1.12 bits per heavy atom. The molecule has 0 aromatic heterocycles. The molecule has 0 aliphatic rings. The van der Waals surface area contributed by atoms with Crippen LogP contribution in [-0.4, -0.2) is 26.9 Å². The monoisotopic (exact) mass is 137 g/mol. The lowest BCUT2D eigenvalue weighted by Gasteiger charge is -2.24. The summed E-state index contributed by atoms with van der Waals surface area (Å²) in [5, 5.41) is 0. The summed E-state index contributed by atoms with van der Waals surface area (Å²) in [5.74, 6) is 0. The molecule has 1 nitrogen and oxygen atoms in total. The van der Waals surface area contributed by atoms with E-state index < -0.39 is 8.24 Å². The van der Waals surface area contributed by atoms with E-state index in [1.165, 1.54) is 0 Å². The van der Waals surface area contributed by atoms with E-state index >= 15 is 0 Å². The second-order valence-electron chi connectivity index (χ2n) is 3.07. The second kappa shape index (κ2) is 3.20. The van der Waals surface area contributed by atoms with E-state index in [9.17, 15) is 0 Å². The molecule has 8 heavy (non-hydrogen) atoms. The average molecular weight is 137 g/mol. The first-order valence-electron chi connectivity index (χ1n) is 2.62. The van der Waals surface area contributed by atoms with Crippen LogP contribution in [0.15, 0.2) is 0 Å². The van der Waals surface area contributed by atoms with Crippen LogP contribution in [0, 0.1) is 0 Å². The van der Waals surface area contributed by atoms with Gasteiger partial charge in [-0.05, 0) is 14.1 Å². The summed E-state index contributed by atoms with van der Waals surface area (Å²) in [5.41, 5.74) is 0. The molecule has 0 unspecified atom stereocenters. The highest BCUT2D eigenvalue weighted by atomic mass is 28.3. The molecule has 0 saturated heterocycles. The van der Waals surface area contributed by atoms with E-state index in [0.29, 0.717) is 0 Å². The van der Waals surface area contributed by atoms with Crippen LogP contribution in [0.1, 0.15) is 0 Å². The zero-order valence-electron chi connectivity index (χ0n) is 6.36. The number of halogens is 1. The minimum atomic E-state index is -0.901. The summed E-state index contributed by atoms with van der Waals surface area (Å²) in [6.07, 6.45) is 0. The van der Waals surface area contributed by atoms with Gasteiger partial charge in [-0.1, -0.05) is 19.6 Å². The minimum Gasteiger partial charge on any atom is -0.329 e. The Kier molecular flexibility index (Phi) is 4.39. The highest BCUT2D eigenvalue weighted by Gasteiger charge is 2.14. The van der Waals surface area contributed by atoms with Crippen LogP contribution < -0.4 is 0 Å². The van der Waals surface area contributed by atoms with Gasteiger partial charge in [-0.3, -0.25) is 4.70 Å². The van der Waals surface area contributed by atoms with E-state index in [4.69, 9.17) is 0 Å². The molecule has 0 rings (SSSR count). The first-order valence-corrected chi connectivity index (χ1v) is 6.07. The molecule has 0 radical (unpaired) electrons. The van der Waals surface area contributed by atoms with Gasteiger partial charge in [0.15, 0.2) is 0 Å². The SMILES string of the molecule is CN(C)[Si](C)(C)C.F. The van der Waals surface area contributed by atoms with Gasteiger partial charge in [0.05, 0.1) is 0 Å². The minimum absolute atomic E-state index is 0. The summed E-state index contributed by atoms with van der Waals surface area (Å²) in [6.45, 7) is 6.98. The Balaban J connectivity index is 0. The lowest BCUT2D eigenvalue weighted by Crippen LogP contribution is -2.39. The maximum atomic E-state index is 2.33. The maximum absolute atomic E-state index is 2.33. The number of hydrogen-bond donors (Lipinski definition) is 0. The van der Waals surface area contributed by atoms with Gasteiger partial charge >= 0.3 is 0 Å². The number of hydrogen-bond acceptors (Lipinski definition) is 1. The summed E-state index contributed by atoms with van der Waals surface area (Å²) in [6, 6.07) is 0. The fraction of sp³-hybridized carbons (Fsp3) is 1.00. The quantitative estimate of drug-likeness (QED) is 0.495. The Hall–Kier alpha value is 0.107. The maximum Gasteiger partial charge on any atom is 0.118 e. The van der Waals surface area contributed by atoms with Crippen LogP contribution in [0.25, 0.3) is 0 Å². The Bertz CT molecular complexity index is 57.9. The predicted molar refractivity (Wildman–Crippen MR) is 39.5 cm³/mol. The normalized spacial score (nSPS) is 11.2. The number of nitrogens with zero attached hydrogens (tertiary/aromatic N) is 1. The van der Waals surface area contributed by atoms with Crippen LogP contribution in [0.2, 0.25) is 19.6 Å². The highest BCUT2D eigenvalue weighted by molar-refractivity contribution is 6.73. The van der Waals surface area contributed by atoms with Crippen molar-refractivity contribution in [3.05, 3.63) is 0 Å². The molecule has 0 heterocycles. The third kappa shape index (κ3) is 4.27. The molecule has 0 bridgehead atoms. The molecule has 0 aliphatic heterocycles. The van der Waals surface area contributed by atoms with Gasteiger partial charge in [-0.2, -0.15) is 0 Å². The van der Waals surface area contributed by atoms with Crippen LogP contribution in [0.5, 0.6) is 0 Å². The molecule has 0 spiro atoms. The molecule has 0 atom stereocenters. The molecule has 0 aliphatic carbocycles. The van der Waals surface area contributed by atoms with Gasteiger partial charge in [-0.25, -0.2) is 0 Å². The van der Waals surface area contributed by atoms with E-state index in [1.807, 2.05) is 0 Å². The smallest absolute Gasteiger partial charge is 0.118 e. The van der Waals surface area contributed by atoms with Crippen molar-refractivity contribution in [3.8, 4) is 0 Å². The lowest BCUT2D eigenvalue weighted by molar-refractivity contribution is 0.627. The van der Waals surface area contributed by atoms with Gasteiger partial charge in [0.2, 0.25) is 0 Å². The standard InChI is InChI=1S/C5H15NSi.FH/c1-6(2)7(3,4)5;/h1-5H3;1H. The lowest BCUT2D eigenvalue weighted by atomic mass is 11.3. The van der Waals surface area contributed by atoms with Crippen molar-refractivity contribution in [1.29, 1.82) is 0 Å². The molecular weight excluding hydrogens is 121 g/mol. The van der Waals surface area contributed by atoms with E-state index in [1.54, 1.807) is 0 Å². The van der Waals surface area contributed by atoms with Crippen molar-refractivity contribution < 1.29 is 4.70 Å². The first-order chi connectivity index (χ1) is 2.94. The Labute approximate surface area is 52.1 Å². The topological polar surface area (TPSA) is 3.24 Å². The van der Waals surface area contributed by atoms with Crippen LogP contribution in [0.3, 0.4) is 0 Å². The van der Waals surface area contributed by atoms with Crippen molar-refractivity contribution in [3.63, 3.8) is 0 Å². The zero-order chi connectivity index (χ0) is 6.08. The molecule has 0 aromatic rings. The molecule has 0 amide bonds. The summed E-state index contributed by atoms with van der Waals surface area (Å²) in [4.78, 5) is 0. The van der Waals surface area contributed by atoms with E-state index in [2.05, 4.69) is 38.3 Å². The fourth-order valence-corrected chi connectivity index (χ4v) is 0. The molecule has 0 aromatic carbocycles. The van der Waals surface area contributed by atoms with E-state index in [0.717, 1.165) is 0 Å². The first kappa shape index (κ1) is 11.0. The highest BCUT2D eigenvalue weighted by Crippen LogP contribution is 2.01.